The number of likely N-dealkylation sites (tertiary alicyclic amines) is 1. The number of β-amino-alcohol motifs (C(OH)–C–C–N with tert-alkyl or cyclic N) is 1. The Balaban J connectivity index is 0.912. The lowest BCUT2D eigenvalue weighted by atomic mass is 9.85. The Bertz CT molecular complexity index is 2660. The molecule has 0 saturated carbocycles. The molecule has 7 rings (SSSR count). The third-order valence-corrected chi connectivity index (χ3v) is 15.3. The molecule has 3 aliphatic rings. The van der Waals surface area contributed by atoms with Crippen molar-refractivity contribution in [3.63, 3.8) is 0 Å². The summed E-state index contributed by atoms with van der Waals surface area (Å²) in [7, 11) is 0. The van der Waals surface area contributed by atoms with Crippen LogP contribution in [0.1, 0.15) is 114 Å². The van der Waals surface area contributed by atoms with E-state index in [1.165, 1.54) is 4.90 Å². The number of nitrogens with one attached hydrogen (secondary N) is 4. The monoisotopic (exact) mass is 1030 g/mol. The number of aromatic nitrogens is 1. The highest BCUT2D eigenvalue weighted by molar-refractivity contribution is 7.13. The molecule has 2 fully saturated rings. The van der Waals surface area contributed by atoms with Crippen molar-refractivity contribution in [2.75, 3.05) is 57.6 Å². The standard InChI is InChI=1S/C57H75N7O9S/c1-10-63(43-20-24-71-25-21-43)48-28-42(27-46(36(48)4)53(67)58-30-47-34(2)26-35(3)60-54(47)68)40-16-18-45(19-17-40)73-23-11-22-72-32-50(66)62-52(57(7,8)9)56(70)64-31-44(65)29-49(64)55(69)61-37(5)39-12-14-41(15-13-39)51-38(6)59-33-74-51/h12-19,27-28,33,35,37,43-44,49,52,65H,10-11,20-26,29-32H2,1-9H3,(H,58,67)(H,60,68)(H,61,69)(H,62,66)/t35?,37-,44+,49-,52+/m0/s1. The van der Waals surface area contributed by atoms with E-state index in [0.717, 1.165) is 75.5 Å². The molecular formula is C57H75N7O9S. The predicted octanol–water partition coefficient (Wildman–Crippen LogP) is 7.21. The van der Waals surface area contributed by atoms with Gasteiger partial charge >= 0.3 is 0 Å². The number of aliphatic hydroxyl groups excluding tert-OH is 1. The van der Waals surface area contributed by atoms with Crippen molar-refractivity contribution >= 4 is 46.6 Å². The van der Waals surface area contributed by atoms with Gasteiger partial charge < -0.3 is 50.4 Å². The van der Waals surface area contributed by atoms with Crippen LogP contribution in [0, 0.1) is 19.3 Å². The van der Waals surface area contributed by atoms with Gasteiger partial charge in [0.05, 0.1) is 41.4 Å². The largest absolute Gasteiger partial charge is 0.494 e. The minimum atomic E-state index is -0.985. The Morgan fingerprint density at radius 1 is 0.973 bits per heavy atom. The number of hydrogen-bond acceptors (Lipinski definition) is 12. The number of aryl methyl sites for hydroxylation is 1. The van der Waals surface area contributed by atoms with Crippen molar-refractivity contribution in [3.8, 4) is 27.3 Å². The highest BCUT2D eigenvalue weighted by Crippen LogP contribution is 2.35. The lowest BCUT2D eigenvalue weighted by Crippen LogP contribution is -2.58. The summed E-state index contributed by atoms with van der Waals surface area (Å²) in [6.07, 6.45) is 2.21. The van der Waals surface area contributed by atoms with E-state index >= 15 is 0 Å². The Kier molecular flexibility index (Phi) is 18.7. The maximum atomic E-state index is 14.2. The van der Waals surface area contributed by atoms with Gasteiger partial charge in [0.1, 0.15) is 24.4 Å². The van der Waals surface area contributed by atoms with Gasteiger partial charge in [-0.1, -0.05) is 62.7 Å². The zero-order chi connectivity index (χ0) is 53.3. The first-order valence-electron chi connectivity index (χ1n) is 26.0. The number of aliphatic hydroxyl groups is 1. The van der Waals surface area contributed by atoms with Crippen LogP contribution in [0.15, 0.2) is 77.3 Å². The van der Waals surface area contributed by atoms with Gasteiger partial charge in [-0.05, 0) is 118 Å². The van der Waals surface area contributed by atoms with Gasteiger partial charge in [-0.2, -0.15) is 0 Å². The first-order chi connectivity index (χ1) is 35.3. The molecule has 0 aliphatic carbocycles. The molecule has 5 amide bonds. The molecule has 3 aliphatic heterocycles. The van der Waals surface area contributed by atoms with Gasteiger partial charge in [0.2, 0.25) is 23.6 Å². The van der Waals surface area contributed by atoms with Gasteiger partial charge in [0.15, 0.2) is 0 Å². The summed E-state index contributed by atoms with van der Waals surface area (Å²) in [6.45, 7) is 19.9. The van der Waals surface area contributed by atoms with Gasteiger partial charge in [-0.15, -0.1) is 11.3 Å². The zero-order valence-electron chi connectivity index (χ0n) is 44.5. The SMILES string of the molecule is CCN(c1cc(-c2ccc(OCCCOCC(=O)N[C@H](C(=O)N3C[C@H](O)C[C@H]3C(=O)N[C@@H](C)c3ccc(-c4scnc4C)cc3)C(C)(C)C)cc2)cc(C(=O)NCC2=C(C)CC(C)NC2=O)c1C)C1CCOCC1. The number of benzene rings is 3. The molecule has 0 radical (unpaired) electrons. The fraction of sp³-hybridized carbons (Fsp3) is 0.509. The van der Waals surface area contributed by atoms with Crippen LogP contribution < -0.4 is 30.9 Å². The summed E-state index contributed by atoms with van der Waals surface area (Å²) in [5.41, 5.74) is 9.77. The molecule has 0 spiro atoms. The minimum Gasteiger partial charge on any atom is -0.494 e. The van der Waals surface area contributed by atoms with Crippen LogP contribution in [0.4, 0.5) is 5.69 Å². The Morgan fingerprint density at radius 3 is 2.32 bits per heavy atom. The number of nitrogens with zero attached hydrogens (tertiary/aromatic N) is 3. The lowest BCUT2D eigenvalue weighted by Gasteiger charge is -2.37. The number of thiazole rings is 1. The van der Waals surface area contributed by atoms with Crippen molar-refractivity contribution in [1.29, 1.82) is 0 Å². The predicted molar refractivity (Wildman–Crippen MR) is 288 cm³/mol. The third-order valence-electron chi connectivity index (χ3n) is 14.3. The average Bonchev–Trinajstić information content (AvgIpc) is 3.99. The van der Waals surface area contributed by atoms with Crippen LogP contribution in [-0.2, 0) is 28.7 Å². The minimum absolute atomic E-state index is 0.0294. The average molecular weight is 1030 g/mol. The van der Waals surface area contributed by atoms with Crippen LogP contribution in [-0.4, -0.2) is 127 Å². The normalized spacial score (nSPS) is 19.1. The topological polar surface area (TPSA) is 201 Å². The smallest absolute Gasteiger partial charge is 0.251 e. The second kappa shape index (κ2) is 24.9. The molecule has 16 nitrogen and oxygen atoms in total. The van der Waals surface area contributed by atoms with E-state index in [1.807, 2.05) is 115 Å². The van der Waals surface area contributed by atoms with Crippen LogP contribution >= 0.6 is 11.3 Å². The lowest BCUT2D eigenvalue weighted by molar-refractivity contribution is -0.144. The molecule has 5 N–H and O–H groups in total. The van der Waals surface area contributed by atoms with E-state index in [4.69, 9.17) is 14.2 Å². The fourth-order valence-electron chi connectivity index (χ4n) is 10.1. The van der Waals surface area contributed by atoms with E-state index in [9.17, 15) is 29.1 Å². The van der Waals surface area contributed by atoms with E-state index < -0.39 is 35.4 Å². The number of carbonyl (C=O) groups excluding carboxylic acids is 5. The number of anilines is 1. The van der Waals surface area contributed by atoms with Crippen molar-refractivity contribution in [2.45, 2.75) is 131 Å². The van der Waals surface area contributed by atoms with Crippen molar-refractivity contribution in [3.05, 3.63) is 99.7 Å². The van der Waals surface area contributed by atoms with Crippen LogP contribution in [0.25, 0.3) is 21.6 Å². The first kappa shape index (κ1) is 55.6. The van der Waals surface area contributed by atoms with E-state index in [-0.39, 0.29) is 68.6 Å². The zero-order valence-corrected chi connectivity index (χ0v) is 45.3. The van der Waals surface area contributed by atoms with Gasteiger partial charge in [-0.3, -0.25) is 24.0 Å². The molecule has 5 atom stereocenters. The van der Waals surface area contributed by atoms with Crippen LogP contribution in [0.2, 0.25) is 0 Å². The summed E-state index contributed by atoms with van der Waals surface area (Å²) in [5, 5.41) is 22.6. The van der Waals surface area contributed by atoms with Crippen LogP contribution in [0.5, 0.6) is 5.75 Å². The number of rotatable bonds is 20. The molecule has 398 valence electrons. The summed E-state index contributed by atoms with van der Waals surface area (Å²) in [4.78, 5) is 77.1. The molecule has 3 aromatic carbocycles. The second-order valence-electron chi connectivity index (χ2n) is 21.0. The number of amides is 5. The van der Waals surface area contributed by atoms with Crippen molar-refractivity contribution in [1.82, 2.24) is 31.2 Å². The Labute approximate surface area is 440 Å². The van der Waals surface area contributed by atoms with Crippen molar-refractivity contribution in [2.24, 2.45) is 5.41 Å². The van der Waals surface area contributed by atoms with Gasteiger partial charge in [-0.25, -0.2) is 4.98 Å². The van der Waals surface area contributed by atoms with E-state index in [1.54, 1.807) is 11.3 Å². The second-order valence-corrected chi connectivity index (χ2v) is 21.8. The van der Waals surface area contributed by atoms with Crippen LogP contribution in [0.3, 0.4) is 0 Å². The highest BCUT2D eigenvalue weighted by atomic mass is 32.1. The van der Waals surface area contributed by atoms with Gasteiger partial charge in [0, 0.05) is 74.6 Å². The van der Waals surface area contributed by atoms with E-state index in [2.05, 4.69) is 44.1 Å². The number of ether oxygens (including phenoxy) is 3. The Morgan fingerprint density at radius 2 is 1.68 bits per heavy atom. The third kappa shape index (κ3) is 13.8. The maximum Gasteiger partial charge on any atom is 0.251 e. The maximum absolute atomic E-state index is 14.2. The molecular weight excluding hydrogens is 959 g/mol. The fourth-order valence-corrected chi connectivity index (χ4v) is 10.9. The summed E-state index contributed by atoms with van der Waals surface area (Å²) in [6, 6.07) is 17.8. The molecule has 74 heavy (non-hydrogen) atoms. The number of hydrogen-bond donors (Lipinski definition) is 5. The summed E-state index contributed by atoms with van der Waals surface area (Å²) >= 11 is 1.57. The molecule has 1 aromatic heterocycles. The molecule has 0 bridgehead atoms. The summed E-state index contributed by atoms with van der Waals surface area (Å²) < 4.78 is 17.5. The van der Waals surface area contributed by atoms with Crippen molar-refractivity contribution < 1.29 is 43.3 Å². The molecule has 1 unspecified atom stereocenters. The quantitative estimate of drug-likeness (QED) is 0.0561. The molecule has 4 aromatic rings. The number of carbonyl (C=O) groups is 5. The summed E-state index contributed by atoms with van der Waals surface area (Å²) in [5.74, 6) is -1.04. The molecule has 2 saturated heterocycles. The molecule has 4 heterocycles. The highest BCUT2D eigenvalue weighted by Gasteiger charge is 2.45. The Hall–Kier alpha value is -6.14. The first-order valence-corrected chi connectivity index (χ1v) is 26.9. The molecule has 17 heteroatoms. The van der Waals surface area contributed by atoms with E-state index in [0.29, 0.717) is 43.1 Å². The van der Waals surface area contributed by atoms with Gasteiger partial charge in [0.25, 0.3) is 5.91 Å².